The maximum atomic E-state index is 14.5. The minimum atomic E-state index is -0.347. The van der Waals surface area contributed by atoms with Gasteiger partial charge in [-0.3, -0.25) is 0 Å². The lowest BCUT2D eigenvalue weighted by Gasteiger charge is -2.13. The molecule has 3 nitrogen and oxygen atoms in total. The number of aromatic nitrogens is 1. The molecule has 0 aliphatic carbocycles. The van der Waals surface area contributed by atoms with Gasteiger partial charge in [-0.25, -0.2) is 4.39 Å². The molecule has 1 atom stereocenters. The van der Waals surface area contributed by atoms with Crippen molar-refractivity contribution < 1.29 is 9.13 Å². The van der Waals surface area contributed by atoms with Crippen molar-refractivity contribution in [1.29, 1.82) is 0 Å². The van der Waals surface area contributed by atoms with Gasteiger partial charge >= 0.3 is 0 Å². The first-order valence-corrected chi connectivity index (χ1v) is 8.73. The minimum absolute atomic E-state index is 0.129. The molecule has 0 amide bonds. The average molecular weight is 361 g/mol. The van der Waals surface area contributed by atoms with E-state index in [1.165, 1.54) is 6.07 Å². The smallest absolute Gasteiger partial charge is 0.165 e. The number of hydrogen-bond acceptors (Lipinski definition) is 2. The number of aryl methyl sites for hydroxylation is 1. The van der Waals surface area contributed by atoms with Gasteiger partial charge in [0, 0.05) is 30.1 Å². The molecule has 0 aliphatic heterocycles. The second-order valence-corrected chi connectivity index (χ2v) is 6.76. The molecule has 0 spiro atoms. The number of hydrogen-bond donors (Lipinski definition) is 1. The van der Waals surface area contributed by atoms with Gasteiger partial charge in [-0.2, -0.15) is 0 Å². The van der Waals surface area contributed by atoms with E-state index in [9.17, 15) is 4.39 Å². The van der Waals surface area contributed by atoms with Gasteiger partial charge in [0.2, 0.25) is 0 Å². The van der Waals surface area contributed by atoms with E-state index >= 15 is 0 Å². The number of ether oxygens (including phenoxy) is 1. The van der Waals surface area contributed by atoms with Gasteiger partial charge in [0.15, 0.2) is 11.6 Å². The summed E-state index contributed by atoms with van der Waals surface area (Å²) in [7, 11) is 1.95. The van der Waals surface area contributed by atoms with Gasteiger partial charge in [0.25, 0.3) is 0 Å². The van der Waals surface area contributed by atoms with Crippen LogP contribution < -0.4 is 10.5 Å². The molecule has 5 heteroatoms. The number of fused-ring (bicyclic) bond motifs is 1. The summed E-state index contributed by atoms with van der Waals surface area (Å²) in [4.78, 5) is 0. The van der Waals surface area contributed by atoms with Crippen LogP contribution >= 0.6 is 11.6 Å². The molecule has 0 saturated heterocycles. The van der Waals surface area contributed by atoms with Crippen LogP contribution in [0.1, 0.15) is 24.0 Å². The lowest BCUT2D eigenvalue weighted by atomic mass is 10.00. The number of halogens is 2. The quantitative estimate of drug-likeness (QED) is 0.694. The van der Waals surface area contributed by atoms with Crippen LogP contribution in [0.15, 0.2) is 42.6 Å². The fourth-order valence-electron chi connectivity index (χ4n) is 3.03. The molecule has 2 N–H and O–H groups in total. The van der Waals surface area contributed by atoms with Crippen molar-refractivity contribution in [3.63, 3.8) is 0 Å². The summed E-state index contributed by atoms with van der Waals surface area (Å²) in [6, 6.07) is 10.8. The molecule has 25 heavy (non-hydrogen) atoms. The molecule has 2 aromatic carbocycles. The van der Waals surface area contributed by atoms with E-state index in [-0.39, 0.29) is 11.7 Å². The van der Waals surface area contributed by atoms with Crippen molar-refractivity contribution in [2.45, 2.75) is 19.3 Å². The Morgan fingerprint density at radius 2 is 1.92 bits per heavy atom. The van der Waals surface area contributed by atoms with Crippen LogP contribution in [0.5, 0.6) is 5.75 Å². The highest BCUT2D eigenvalue weighted by Gasteiger charge is 2.19. The number of nitrogens with zero attached hydrogens (tertiary/aromatic N) is 1. The van der Waals surface area contributed by atoms with E-state index in [1.807, 2.05) is 49.0 Å². The van der Waals surface area contributed by atoms with E-state index in [1.54, 1.807) is 6.07 Å². The Labute approximate surface area is 152 Å². The van der Waals surface area contributed by atoms with E-state index < -0.39 is 0 Å². The molecular weight excluding hydrogens is 339 g/mol. The minimum Gasteiger partial charge on any atom is -0.489 e. The summed E-state index contributed by atoms with van der Waals surface area (Å²) in [5.41, 5.74) is 8.88. The lowest BCUT2D eigenvalue weighted by molar-refractivity contribution is 0.309. The maximum absolute atomic E-state index is 14.5. The molecule has 0 radical (unpaired) electrons. The maximum Gasteiger partial charge on any atom is 0.165 e. The Kier molecular flexibility index (Phi) is 5.30. The first-order valence-electron chi connectivity index (χ1n) is 8.36. The Bertz CT molecular complexity index is 874. The van der Waals surface area contributed by atoms with Gasteiger partial charge in [0.05, 0.1) is 12.1 Å². The summed E-state index contributed by atoms with van der Waals surface area (Å²) in [5, 5.41) is 1.52. The molecule has 0 bridgehead atoms. The fraction of sp³-hybridized carbons (Fsp3) is 0.300. The zero-order valence-electron chi connectivity index (χ0n) is 14.4. The third kappa shape index (κ3) is 3.65. The molecule has 3 aromatic rings. The second kappa shape index (κ2) is 7.46. The van der Waals surface area contributed by atoms with Crippen LogP contribution in [0.25, 0.3) is 10.9 Å². The van der Waals surface area contributed by atoms with Crippen LogP contribution in [-0.4, -0.2) is 17.7 Å². The molecule has 1 heterocycles. The van der Waals surface area contributed by atoms with Crippen LogP contribution in [0.3, 0.4) is 0 Å². The van der Waals surface area contributed by atoms with Crippen LogP contribution in [0.2, 0.25) is 5.02 Å². The molecule has 0 aliphatic rings. The number of rotatable bonds is 6. The van der Waals surface area contributed by atoms with Gasteiger partial charge in [-0.15, -0.1) is 0 Å². The van der Waals surface area contributed by atoms with Gasteiger partial charge in [0.1, 0.15) is 0 Å². The Morgan fingerprint density at radius 3 is 2.60 bits per heavy atom. The standard InChI is InChI=1S/C20H22ClFN2O/c1-13(11-23)16-12-24(2)18-8-7-17(22)20(19(16)18)25-10-9-14-3-5-15(21)6-4-14/h3-8,12-13H,9-11,23H2,1-2H3. The van der Waals surface area contributed by atoms with E-state index in [0.29, 0.717) is 30.3 Å². The Morgan fingerprint density at radius 1 is 1.20 bits per heavy atom. The zero-order valence-corrected chi connectivity index (χ0v) is 15.2. The Balaban J connectivity index is 1.89. The van der Waals surface area contributed by atoms with Crippen molar-refractivity contribution in [1.82, 2.24) is 4.57 Å². The molecule has 1 unspecified atom stereocenters. The van der Waals surface area contributed by atoms with Crippen molar-refractivity contribution in [2.75, 3.05) is 13.2 Å². The van der Waals surface area contributed by atoms with Crippen LogP contribution in [0.4, 0.5) is 4.39 Å². The largest absolute Gasteiger partial charge is 0.489 e. The van der Waals surface area contributed by atoms with Gasteiger partial charge in [-0.1, -0.05) is 30.7 Å². The normalized spacial score (nSPS) is 12.5. The molecule has 0 saturated carbocycles. The number of nitrogens with two attached hydrogens (primary N) is 1. The topological polar surface area (TPSA) is 40.2 Å². The summed E-state index contributed by atoms with van der Waals surface area (Å²) >= 11 is 5.90. The SMILES string of the molecule is CC(CN)c1cn(C)c2ccc(F)c(OCCc3ccc(Cl)cc3)c12. The monoisotopic (exact) mass is 360 g/mol. The van der Waals surface area contributed by atoms with Crippen molar-refractivity contribution in [3.8, 4) is 5.75 Å². The highest BCUT2D eigenvalue weighted by atomic mass is 35.5. The predicted octanol–water partition coefficient (Wildman–Crippen LogP) is 4.65. The van der Waals surface area contributed by atoms with E-state index in [0.717, 1.165) is 22.0 Å². The molecule has 0 fully saturated rings. The summed E-state index contributed by atoms with van der Waals surface area (Å²) in [6.45, 7) is 2.93. The van der Waals surface area contributed by atoms with Crippen LogP contribution in [-0.2, 0) is 13.5 Å². The molecule has 132 valence electrons. The van der Waals surface area contributed by atoms with Gasteiger partial charge < -0.3 is 15.0 Å². The summed E-state index contributed by atoms with van der Waals surface area (Å²) in [6.07, 6.45) is 2.69. The van der Waals surface area contributed by atoms with Crippen LogP contribution in [0, 0.1) is 5.82 Å². The predicted molar refractivity (Wildman–Crippen MR) is 101 cm³/mol. The molecule has 3 rings (SSSR count). The average Bonchev–Trinajstić information content (AvgIpc) is 2.94. The van der Waals surface area contributed by atoms with Crippen molar-refractivity contribution >= 4 is 22.5 Å². The molecule has 1 aromatic heterocycles. The fourth-order valence-corrected chi connectivity index (χ4v) is 3.15. The van der Waals surface area contributed by atoms with Gasteiger partial charge in [-0.05, 0) is 47.9 Å². The second-order valence-electron chi connectivity index (χ2n) is 6.33. The summed E-state index contributed by atoms with van der Waals surface area (Å²) in [5.74, 6) is 0.0896. The van der Waals surface area contributed by atoms with E-state index in [2.05, 4.69) is 0 Å². The lowest BCUT2D eigenvalue weighted by Crippen LogP contribution is -2.09. The molecular formula is C20H22ClFN2O. The first kappa shape index (κ1) is 17.8. The van der Waals surface area contributed by atoms with E-state index in [4.69, 9.17) is 22.1 Å². The third-order valence-electron chi connectivity index (χ3n) is 4.52. The Hall–Kier alpha value is -2.04. The number of benzene rings is 2. The first-order chi connectivity index (χ1) is 12.0. The van der Waals surface area contributed by atoms with Crippen molar-refractivity contribution in [3.05, 3.63) is 64.6 Å². The summed E-state index contributed by atoms with van der Waals surface area (Å²) < 4.78 is 22.3. The highest BCUT2D eigenvalue weighted by molar-refractivity contribution is 6.30. The van der Waals surface area contributed by atoms with Crippen molar-refractivity contribution in [2.24, 2.45) is 12.8 Å². The zero-order chi connectivity index (χ0) is 18.0. The third-order valence-corrected chi connectivity index (χ3v) is 4.78. The highest BCUT2D eigenvalue weighted by Crippen LogP contribution is 2.36.